The minimum absolute atomic E-state index is 0.223. The number of hydrogen-bond donors (Lipinski definition) is 1. The van der Waals surface area contributed by atoms with Crippen molar-refractivity contribution >= 4 is 29.3 Å². The van der Waals surface area contributed by atoms with Crippen molar-refractivity contribution in [2.24, 2.45) is 0 Å². The number of carbonyl (C=O) groups is 1. The van der Waals surface area contributed by atoms with Gasteiger partial charge in [-0.15, -0.1) is 0 Å². The third-order valence-corrected chi connectivity index (χ3v) is 2.85. The molecule has 0 bridgehead atoms. The number of aryl methyl sites for hydroxylation is 2. The first kappa shape index (κ1) is 13.4. The molecule has 0 spiro atoms. The van der Waals surface area contributed by atoms with Crippen molar-refractivity contribution < 1.29 is 9.21 Å². The summed E-state index contributed by atoms with van der Waals surface area (Å²) in [6, 6.07) is 9.02. The van der Waals surface area contributed by atoms with Gasteiger partial charge in [0.2, 0.25) is 5.91 Å². The lowest BCUT2D eigenvalue weighted by Crippen LogP contribution is -2.08. The van der Waals surface area contributed by atoms with E-state index in [4.69, 9.17) is 16.0 Å². The molecule has 0 aliphatic rings. The third kappa shape index (κ3) is 3.73. The number of benzene rings is 1. The molecule has 0 unspecified atom stereocenters. The predicted molar refractivity (Wildman–Crippen MR) is 77.3 cm³/mol. The molecule has 2 aromatic rings. The van der Waals surface area contributed by atoms with E-state index in [-0.39, 0.29) is 5.91 Å². The maximum atomic E-state index is 11.8. The maximum absolute atomic E-state index is 11.8. The highest BCUT2D eigenvalue weighted by molar-refractivity contribution is 6.31. The number of hydrogen-bond acceptors (Lipinski definition) is 2. The van der Waals surface area contributed by atoms with Gasteiger partial charge < -0.3 is 9.73 Å². The summed E-state index contributed by atoms with van der Waals surface area (Å²) in [5, 5.41) is 3.37. The lowest BCUT2D eigenvalue weighted by atomic mass is 10.2. The largest absolute Gasteiger partial charge is 0.462 e. The number of carbonyl (C=O) groups excluding carboxylic acids is 1. The van der Waals surface area contributed by atoms with Crippen molar-refractivity contribution in [3.05, 3.63) is 58.5 Å². The van der Waals surface area contributed by atoms with Gasteiger partial charge in [-0.25, -0.2) is 0 Å². The van der Waals surface area contributed by atoms with Gasteiger partial charge in [-0.05, 0) is 49.8 Å². The summed E-state index contributed by atoms with van der Waals surface area (Å²) in [7, 11) is 0. The first-order chi connectivity index (χ1) is 9.04. The zero-order chi connectivity index (χ0) is 13.8. The summed E-state index contributed by atoms with van der Waals surface area (Å²) in [4.78, 5) is 11.8. The summed E-state index contributed by atoms with van der Waals surface area (Å²) >= 11 is 5.89. The van der Waals surface area contributed by atoms with Crippen LogP contribution in [0.5, 0.6) is 0 Å². The Morgan fingerprint density at radius 3 is 2.74 bits per heavy atom. The summed E-state index contributed by atoms with van der Waals surface area (Å²) in [5.74, 6) is 1.24. The van der Waals surface area contributed by atoms with Crippen molar-refractivity contribution in [2.75, 3.05) is 5.32 Å². The van der Waals surface area contributed by atoms with E-state index in [1.807, 2.05) is 32.0 Å². The molecule has 98 valence electrons. The molecule has 0 aliphatic carbocycles. The molecular weight excluding hydrogens is 262 g/mol. The van der Waals surface area contributed by atoms with Gasteiger partial charge in [0.25, 0.3) is 0 Å². The monoisotopic (exact) mass is 275 g/mol. The highest BCUT2D eigenvalue weighted by Crippen LogP contribution is 2.20. The lowest BCUT2D eigenvalue weighted by Gasteiger charge is -2.06. The van der Waals surface area contributed by atoms with E-state index in [2.05, 4.69) is 5.32 Å². The lowest BCUT2D eigenvalue weighted by molar-refractivity contribution is -0.111. The van der Waals surface area contributed by atoms with E-state index in [0.717, 1.165) is 11.3 Å². The molecule has 0 fully saturated rings. The van der Waals surface area contributed by atoms with E-state index in [1.54, 1.807) is 18.2 Å². The number of furan rings is 1. The van der Waals surface area contributed by atoms with Crippen molar-refractivity contribution in [1.82, 2.24) is 0 Å². The molecule has 0 atom stereocenters. The van der Waals surface area contributed by atoms with Crippen LogP contribution in [0, 0.1) is 13.8 Å². The van der Waals surface area contributed by atoms with Crippen LogP contribution in [0.25, 0.3) is 6.08 Å². The molecule has 0 radical (unpaired) electrons. The zero-order valence-electron chi connectivity index (χ0n) is 10.7. The van der Waals surface area contributed by atoms with E-state index >= 15 is 0 Å². The van der Waals surface area contributed by atoms with Crippen molar-refractivity contribution in [3.63, 3.8) is 0 Å². The van der Waals surface area contributed by atoms with Crippen LogP contribution >= 0.6 is 11.6 Å². The Balaban J connectivity index is 2.05. The SMILES string of the molecule is Cc1ccc(C=CC(=O)Nc2cc(Cl)ccc2C)o1. The maximum Gasteiger partial charge on any atom is 0.248 e. The Morgan fingerprint density at radius 2 is 2.05 bits per heavy atom. The normalized spacial score (nSPS) is 10.9. The Labute approximate surface area is 116 Å². The minimum atomic E-state index is -0.223. The number of anilines is 1. The first-order valence-electron chi connectivity index (χ1n) is 5.86. The molecule has 1 N–H and O–H groups in total. The smallest absolute Gasteiger partial charge is 0.248 e. The van der Waals surface area contributed by atoms with Gasteiger partial charge in [-0.2, -0.15) is 0 Å². The second-order valence-electron chi connectivity index (χ2n) is 4.23. The van der Waals surface area contributed by atoms with Gasteiger partial charge in [0.1, 0.15) is 11.5 Å². The fourth-order valence-corrected chi connectivity index (χ4v) is 1.78. The molecule has 19 heavy (non-hydrogen) atoms. The Kier molecular flexibility index (Phi) is 4.07. The van der Waals surface area contributed by atoms with Crippen molar-refractivity contribution in [1.29, 1.82) is 0 Å². The summed E-state index contributed by atoms with van der Waals surface area (Å²) in [6.45, 7) is 3.76. The van der Waals surface area contributed by atoms with Gasteiger partial charge in [-0.1, -0.05) is 17.7 Å². The summed E-state index contributed by atoms with van der Waals surface area (Å²) < 4.78 is 5.34. The van der Waals surface area contributed by atoms with Crippen LogP contribution < -0.4 is 5.32 Å². The van der Waals surface area contributed by atoms with Crippen molar-refractivity contribution in [2.45, 2.75) is 13.8 Å². The fourth-order valence-electron chi connectivity index (χ4n) is 1.60. The highest BCUT2D eigenvalue weighted by Gasteiger charge is 2.03. The van der Waals surface area contributed by atoms with Gasteiger partial charge in [0, 0.05) is 16.8 Å². The van der Waals surface area contributed by atoms with E-state index < -0.39 is 0 Å². The standard InChI is InChI=1S/C15H14ClNO2/c1-10-3-5-12(16)9-14(10)17-15(18)8-7-13-6-4-11(2)19-13/h3-9H,1-2H3,(H,17,18). The molecule has 1 amide bonds. The molecule has 2 rings (SSSR count). The summed E-state index contributed by atoms with van der Waals surface area (Å²) in [5.41, 5.74) is 1.66. The molecule has 1 heterocycles. The van der Waals surface area contributed by atoms with Crippen LogP contribution in [0.2, 0.25) is 5.02 Å². The van der Waals surface area contributed by atoms with E-state index in [9.17, 15) is 4.79 Å². The topological polar surface area (TPSA) is 42.2 Å². The number of halogens is 1. The second kappa shape index (κ2) is 5.76. The van der Waals surface area contributed by atoms with Crippen molar-refractivity contribution in [3.8, 4) is 0 Å². The highest BCUT2D eigenvalue weighted by atomic mass is 35.5. The summed E-state index contributed by atoms with van der Waals surface area (Å²) in [6.07, 6.45) is 3.06. The molecule has 1 aromatic carbocycles. The average molecular weight is 276 g/mol. The molecule has 0 saturated carbocycles. The third-order valence-electron chi connectivity index (χ3n) is 2.62. The van der Waals surface area contributed by atoms with E-state index in [1.165, 1.54) is 6.08 Å². The van der Waals surface area contributed by atoms with Gasteiger partial charge in [-0.3, -0.25) is 4.79 Å². The second-order valence-corrected chi connectivity index (χ2v) is 4.67. The predicted octanol–water partition coefficient (Wildman–Crippen LogP) is 4.20. The van der Waals surface area contributed by atoms with Crippen LogP contribution in [0.4, 0.5) is 5.69 Å². The van der Waals surface area contributed by atoms with Gasteiger partial charge in [0.05, 0.1) is 0 Å². The molecule has 1 aromatic heterocycles. The number of amides is 1. The molecule has 0 saturated heterocycles. The molecule has 4 heteroatoms. The van der Waals surface area contributed by atoms with Crippen LogP contribution in [-0.4, -0.2) is 5.91 Å². The Bertz CT molecular complexity index is 629. The molecule has 0 aliphatic heterocycles. The van der Waals surface area contributed by atoms with Crippen LogP contribution in [-0.2, 0) is 4.79 Å². The fraction of sp³-hybridized carbons (Fsp3) is 0.133. The molecular formula is C15H14ClNO2. The van der Waals surface area contributed by atoms with Gasteiger partial charge >= 0.3 is 0 Å². The van der Waals surface area contributed by atoms with Gasteiger partial charge in [0.15, 0.2) is 0 Å². The van der Waals surface area contributed by atoms with Crippen LogP contribution in [0.15, 0.2) is 40.8 Å². The average Bonchev–Trinajstić information content (AvgIpc) is 2.77. The zero-order valence-corrected chi connectivity index (χ0v) is 11.5. The van der Waals surface area contributed by atoms with Crippen LogP contribution in [0.1, 0.15) is 17.1 Å². The number of nitrogens with one attached hydrogen (secondary N) is 1. The first-order valence-corrected chi connectivity index (χ1v) is 6.24. The van der Waals surface area contributed by atoms with E-state index in [0.29, 0.717) is 16.5 Å². The Morgan fingerprint density at radius 1 is 1.26 bits per heavy atom. The Hall–Kier alpha value is -2.00. The quantitative estimate of drug-likeness (QED) is 0.853. The number of rotatable bonds is 3. The minimum Gasteiger partial charge on any atom is -0.462 e. The molecule has 3 nitrogen and oxygen atoms in total. The van der Waals surface area contributed by atoms with Crippen LogP contribution in [0.3, 0.4) is 0 Å².